The lowest BCUT2D eigenvalue weighted by atomic mass is 10.4. The largest absolute Gasteiger partial charge is 0.463 e. The Morgan fingerprint density at radius 1 is 1.46 bits per heavy atom. The van der Waals surface area contributed by atoms with Crippen LogP contribution in [0.15, 0.2) is 12.2 Å². The summed E-state index contributed by atoms with van der Waals surface area (Å²) in [4.78, 5) is 13.0. The molecule has 0 N–H and O–H groups in total. The standard InChI is InChI=1S/C10H19NO2/c1-4-8-11(3)9-6-7-10(12)13-5-2/h6-7H,4-5,8-9H2,1-3H3/b7-6+. The Hall–Kier alpha value is -0.830. The average molecular weight is 185 g/mol. The highest BCUT2D eigenvalue weighted by atomic mass is 16.5. The van der Waals surface area contributed by atoms with Gasteiger partial charge in [-0.15, -0.1) is 0 Å². The molecule has 13 heavy (non-hydrogen) atoms. The second-order valence-electron chi connectivity index (χ2n) is 2.92. The molecule has 0 aromatic carbocycles. The molecule has 0 aliphatic heterocycles. The van der Waals surface area contributed by atoms with Gasteiger partial charge in [0.1, 0.15) is 0 Å². The summed E-state index contributed by atoms with van der Waals surface area (Å²) < 4.78 is 4.74. The van der Waals surface area contributed by atoms with Gasteiger partial charge in [0.15, 0.2) is 0 Å². The van der Waals surface area contributed by atoms with Crippen molar-refractivity contribution in [3.63, 3.8) is 0 Å². The van der Waals surface area contributed by atoms with Crippen molar-refractivity contribution in [2.24, 2.45) is 0 Å². The molecule has 76 valence electrons. The molecule has 0 aromatic heterocycles. The number of carbonyl (C=O) groups excluding carboxylic acids is 1. The summed E-state index contributed by atoms with van der Waals surface area (Å²) in [6.07, 6.45) is 4.44. The molecule has 0 radical (unpaired) electrons. The van der Waals surface area contributed by atoms with Crippen molar-refractivity contribution in [2.75, 3.05) is 26.7 Å². The van der Waals surface area contributed by atoms with Crippen molar-refractivity contribution in [3.05, 3.63) is 12.2 Å². The van der Waals surface area contributed by atoms with Crippen molar-refractivity contribution in [2.45, 2.75) is 20.3 Å². The van der Waals surface area contributed by atoms with E-state index < -0.39 is 0 Å². The van der Waals surface area contributed by atoms with Crippen molar-refractivity contribution in [1.82, 2.24) is 4.90 Å². The fraction of sp³-hybridized carbons (Fsp3) is 0.700. The molecule has 3 nitrogen and oxygen atoms in total. The average Bonchev–Trinajstić information content (AvgIpc) is 2.05. The fourth-order valence-corrected chi connectivity index (χ4v) is 0.992. The molecule has 0 spiro atoms. The maximum Gasteiger partial charge on any atom is 0.330 e. The maximum absolute atomic E-state index is 10.9. The maximum atomic E-state index is 10.9. The van der Waals surface area contributed by atoms with Gasteiger partial charge >= 0.3 is 5.97 Å². The van der Waals surface area contributed by atoms with Crippen LogP contribution in [0, 0.1) is 0 Å². The summed E-state index contributed by atoms with van der Waals surface area (Å²) in [5.74, 6) is -0.257. The van der Waals surface area contributed by atoms with Gasteiger partial charge in [0, 0.05) is 12.6 Å². The minimum absolute atomic E-state index is 0.257. The smallest absolute Gasteiger partial charge is 0.330 e. The van der Waals surface area contributed by atoms with Gasteiger partial charge in [-0.05, 0) is 26.9 Å². The van der Waals surface area contributed by atoms with Crippen LogP contribution in [-0.2, 0) is 9.53 Å². The number of hydrogen-bond acceptors (Lipinski definition) is 3. The molecule has 0 fully saturated rings. The Balaban J connectivity index is 3.55. The number of nitrogens with zero attached hydrogens (tertiary/aromatic N) is 1. The quantitative estimate of drug-likeness (QED) is 0.463. The first-order valence-electron chi connectivity index (χ1n) is 4.72. The molecule has 0 atom stereocenters. The van der Waals surface area contributed by atoms with Crippen molar-refractivity contribution in [3.8, 4) is 0 Å². The number of rotatable bonds is 6. The van der Waals surface area contributed by atoms with Crippen LogP contribution in [0.3, 0.4) is 0 Å². The van der Waals surface area contributed by atoms with Crippen LogP contribution in [0.4, 0.5) is 0 Å². The second kappa shape index (κ2) is 7.80. The molecule has 0 rings (SSSR count). The Bertz CT molecular complexity index is 166. The van der Waals surface area contributed by atoms with E-state index in [9.17, 15) is 4.79 Å². The van der Waals surface area contributed by atoms with Crippen molar-refractivity contribution < 1.29 is 9.53 Å². The normalized spacial score (nSPS) is 11.1. The Labute approximate surface area is 80.4 Å². The van der Waals surface area contributed by atoms with Gasteiger partial charge in [-0.1, -0.05) is 13.0 Å². The second-order valence-corrected chi connectivity index (χ2v) is 2.92. The zero-order valence-electron chi connectivity index (χ0n) is 8.75. The van der Waals surface area contributed by atoms with Crippen LogP contribution in [-0.4, -0.2) is 37.6 Å². The van der Waals surface area contributed by atoms with Crippen LogP contribution in [0.1, 0.15) is 20.3 Å². The highest BCUT2D eigenvalue weighted by molar-refractivity contribution is 5.81. The number of likely N-dealkylation sites (N-methyl/N-ethyl adjacent to an activating group) is 1. The molecule has 0 aliphatic rings. The van der Waals surface area contributed by atoms with Gasteiger partial charge in [0.2, 0.25) is 0 Å². The number of carbonyl (C=O) groups is 1. The molecule has 3 heteroatoms. The Kier molecular flexibility index (Phi) is 7.30. The van der Waals surface area contributed by atoms with Crippen LogP contribution in [0.25, 0.3) is 0 Å². The van der Waals surface area contributed by atoms with Crippen LogP contribution in [0.5, 0.6) is 0 Å². The van der Waals surface area contributed by atoms with Gasteiger partial charge < -0.3 is 9.64 Å². The third kappa shape index (κ3) is 7.53. The Morgan fingerprint density at radius 2 is 2.15 bits per heavy atom. The molecule has 0 bridgehead atoms. The van der Waals surface area contributed by atoms with E-state index in [0.29, 0.717) is 6.61 Å². The molecule has 0 heterocycles. The molecule has 0 aromatic rings. The van der Waals surface area contributed by atoms with E-state index in [-0.39, 0.29) is 5.97 Å². The van der Waals surface area contributed by atoms with E-state index in [1.807, 2.05) is 13.1 Å². The highest BCUT2D eigenvalue weighted by Crippen LogP contribution is 1.87. The summed E-state index contributed by atoms with van der Waals surface area (Å²) in [7, 11) is 2.03. The molecular formula is C10H19NO2. The first-order chi connectivity index (χ1) is 6.20. The molecule has 0 saturated carbocycles. The van der Waals surface area contributed by atoms with Crippen LogP contribution in [0.2, 0.25) is 0 Å². The SMILES string of the molecule is CCCN(C)C/C=C/C(=O)OCC. The van der Waals surface area contributed by atoms with Crippen molar-refractivity contribution in [1.29, 1.82) is 0 Å². The van der Waals surface area contributed by atoms with Gasteiger partial charge in [-0.2, -0.15) is 0 Å². The topological polar surface area (TPSA) is 29.5 Å². The van der Waals surface area contributed by atoms with E-state index in [1.54, 1.807) is 6.92 Å². The van der Waals surface area contributed by atoms with E-state index in [0.717, 1.165) is 19.5 Å². The van der Waals surface area contributed by atoms with Crippen molar-refractivity contribution >= 4 is 5.97 Å². The number of hydrogen-bond donors (Lipinski definition) is 0. The predicted octanol–water partition coefficient (Wildman–Crippen LogP) is 1.45. The Morgan fingerprint density at radius 3 is 2.69 bits per heavy atom. The lowest BCUT2D eigenvalue weighted by Gasteiger charge is -2.11. The third-order valence-electron chi connectivity index (χ3n) is 1.56. The van der Waals surface area contributed by atoms with Gasteiger partial charge in [0.25, 0.3) is 0 Å². The predicted molar refractivity (Wildman–Crippen MR) is 53.6 cm³/mol. The molecule has 0 unspecified atom stereocenters. The monoisotopic (exact) mass is 185 g/mol. The minimum Gasteiger partial charge on any atom is -0.463 e. The van der Waals surface area contributed by atoms with Gasteiger partial charge in [-0.3, -0.25) is 0 Å². The number of esters is 1. The van der Waals surface area contributed by atoms with Crippen LogP contribution >= 0.6 is 0 Å². The molecule has 0 saturated heterocycles. The van der Waals surface area contributed by atoms with E-state index >= 15 is 0 Å². The van der Waals surface area contributed by atoms with E-state index in [2.05, 4.69) is 11.8 Å². The summed E-state index contributed by atoms with van der Waals surface area (Å²) in [5, 5.41) is 0. The third-order valence-corrected chi connectivity index (χ3v) is 1.56. The summed E-state index contributed by atoms with van der Waals surface area (Å²) in [6.45, 7) is 6.22. The van der Waals surface area contributed by atoms with E-state index in [1.165, 1.54) is 6.08 Å². The minimum atomic E-state index is -0.257. The molecule has 0 aliphatic carbocycles. The number of ether oxygens (including phenoxy) is 1. The lowest BCUT2D eigenvalue weighted by molar-refractivity contribution is -0.137. The summed E-state index contributed by atoms with van der Waals surface area (Å²) >= 11 is 0. The zero-order chi connectivity index (χ0) is 10.1. The van der Waals surface area contributed by atoms with Gasteiger partial charge in [-0.25, -0.2) is 4.79 Å². The molecule has 0 amide bonds. The highest BCUT2D eigenvalue weighted by Gasteiger charge is 1.94. The first kappa shape index (κ1) is 12.2. The summed E-state index contributed by atoms with van der Waals surface area (Å²) in [6, 6.07) is 0. The molecular weight excluding hydrogens is 166 g/mol. The van der Waals surface area contributed by atoms with Crippen LogP contribution < -0.4 is 0 Å². The zero-order valence-corrected chi connectivity index (χ0v) is 8.75. The lowest BCUT2D eigenvalue weighted by Crippen LogP contribution is -2.19. The summed E-state index contributed by atoms with van der Waals surface area (Å²) in [5.41, 5.74) is 0. The van der Waals surface area contributed by atoms with Gasteiger partial charge in [0.05, 0.1) is 6.61 Å². The first-order valence-corrected chi connectivity index (χ1v) is 4.72. The van der Waals surface area contributed by atoms with E-state index in [4.69, 9.17) is 4.74 Å². The fourth-order valence-electron chi connectivity index (χ4n) is 0.992.